The van der Waals surface area contributed by atoms with Gasteiger partial charge in [-0.1, -0.05) is 18.7 Å². The maximum Gasteiger partial charge on any atom is 0.123 e. The van der Waals surface area contributed by atoms with E-state index < -0.39 is 0 Å². The highest BCUT2D eigenvalue weighted by Gasteiger charge is 2.07. The molecule has 0 amide bonds. The highest BCUT2D eigenvalue weighted by atomic mass is 19.1. The fraction of sp³-hybridized carbons (Fsp3) is 0.0417. The van der Waals surface area contributed by atoms with E-state index in [4.69, 9.17) is 0 Å². The summed E-state index contributed by atoms with van der Waals surface area (Å²) in [7, 11) is 0. The van der Waals surface area contributed by atoms with E-state index in [1.807, 2.05) is 43.3 Å². The Labute approximate surface area is 162 Å². The van der Waals surface area contributed by atoms with Gasteiger partial charge >= 0.3 is 0 Å². The van der Waals surface area contributed by atoms with E-state index in [0.717, 1.165) is 44.7 Å². The van der Waals surface area contributed by atoms with E-state index in [1.54, 1.807) is 18.5 Å². The zero-order chi connectivity index (χ0) is 19.5. The number of pyridine rings is 2. The number of fused-ring (bicyclic) bond motifs is 1. The maximum absolute atomic E-state index is 13.4. The van der Waals surface area contributed by atoms with Crippen molar-refractivity contribution in [3.05, 3.63) is 102 Å². The van der Waals surface area contributed by atoms with Crippen LogP contribution in [-0.2, 0) is 0 Å². The molecule has 1 N–H and O–H groups in total. The lowest BCUT2D eigenvalue weighted by molar-refractivity contribution is 0.629. The lowest BCUT2D eigenvalue weighted by Crippen LogP contribution is -2.00. The Hall–Kier alpha value is -3.75. The molecule has 4 rings (SSSR count). The van der Waals surface area contributed by atoms with Gasteiger partial charge in [0.15, 0.2) is 0 Å². The first-order chi connectivity index (χ1) is 13.6. The molecule has 0 aliphatic rings. The van der Waals surface area contributed by atoms with Gasteiger partial charge in [0.25, 0.3) is 0 Å². The molecule has 0 unspecified atom stereocenters. The molecule has 2 aromatic heterocycles. The molecule has 0 saturated heterocycles. The molecule has 4 aromatic rings. The van der Waals surface area contributed by atoms with Crippen LogP contribution < -0.4 is 5.32 Å². The van der Waals surface area contributed by atoms with E-state index in [1.165, 1.54) is 12.1 Å². The number of halogens is 1. The molecule has 3 nitrogen and oxygen atoms in total. The lowest BCUT2D eigenvalue weighted by atomic mass is 10.0. The minimum Gasteiger partial charge on any atom is -0.348 e. The van der Waals surface area contributed by atoms with Crippen LogP contribution in [0.1, 0.15) is 11.1 Å². The Balaban J connectivity index is 1.64. The van der Waals surface area contributed by atoms with Crippen molar-refractivity contribution in [3.63, 3.8) is 0 Å². The summed E-state index contributed by atoms with van der Waals surface area (Å²) in [6.07, 6.45) is 3.48. The zero-order valence-corrected chi connectivity index (χ0v) is 15.4. The first kappa shape index (κ1) is 17.7. The van der Waals surface area contributed by atoms with Gasteiger partial charge in [-0.25, -0.2) is 9.37 Å². The van der Waals surface area contributed by atoms with E-state index in [0.29, 0.717) is 0 Å². The SMILES string of the molecule is C=C=C(Nc1ccc(-c2ccc3cc(F)ccc3n2)cc1C)c1ccncc1. The quantitative estimate of drug-likeness (QED) is 0.451. The lowest BCUT2D eigenvalue weighted by Gasteiger charge is -2.13. The van der Waals surface area contributed by atoms with Crippen LogP contribution >= 0.6 is 0 Å². The molecule has 0 atom stereocenters. The predicted molar refractivity (Wildman–Crippen MR) is 112 cm³/mol. The number of hydrogen-bond donors (Lipinski definition) is 1. The number of nitrogens with one attached hydrogen (secondary N) is 1. The molecule has 2 aromatic carbocycles. The van der Waals surface area contributed by atoms with Crippen LogP contribution in [0.2, 0.25) is 0 Å². The number of aromatic nitrogens is 2. The van der Waals surface area contributed by atoms with Crippen molar-refractivity contribution in [2.45, 2.75) is 6.92 Å². The Morgan fingerprint density at radius 3 is 2.57 bits per heavy atom. The fourth-order valence-corrected chi connectivity index (χ4v) is 3.09. The third kappa shape index (κ3) is 3.54. The second-order valence-corrected chi connectivity index (χ2v) is 6.48. The summed E-state index contributed by atoms with van der Waals surface area (Å²) in [6, 6.07) is 18.4. The van der Waals surface area contributed by atoms with Crippen molar-refractivity contribution in [1.29, 1.82) is 0 Å². The minimum atomic E-state index is -0.256. The van der Waals surface area contributed by atoms with Crippen LogP contribution in [0.15, 0.2) is 85.4 Å². The normalized spacial score (nSPS) is 10.5. The second kappa shape index (κ2) is 7.47. The average Bonchev–Trinajstić information content (AvgIpc) is 2.73. The van der Waals surface area contributed by atoms with E-state index in [-0.39, 0.29) is 5.82 Å². The van der Waals surface area contributed by atoms with Crippen LogP contribution in [0.25, 0.3) is 27.9 Å². The van der Waals surface area contributed by atoms with Crippen molar-refractivity contribution >= 4 is 22.3 Å². The molecule has 0 aliphatic heterocycles. The summed E-state index contributed by atoms with van der Waals surface area (Å²) in [5.74, 6) is -0.256. The van der Waals surface area contributed by atoms with Crippen molar-refractivity contribution in [3.8, 4) is 11.3 Å². The first-order valence-electron chi connectivity index (χ1n) is 8.89. The fourth-order valence-electron chi connectivity index (χ4n) is 3.09. The van der Waals surface area contributed by atoms with E-state index in [2.05, 4.69) is 33.7 Å². The summed E-state index contributed by atoms with van der Waals surface area (Å²) in [6.45, 7) is 5.82. The van der Waals surface area contributed by atoms with Crippen LogP contribution in [-0.4, -0.2) is 9.97 Å². The second-order valence-electron chi connectivity index (χ2n) is 6.48. The van der Waals surface area contributed by atoms with E-state index in [9.17, 15) is 4.39 Å². The van der Waals surface area contributed by atoms with Gasteiger partial charge in [0.1, 0.15) is 5.82 Å². The Kier molecular flexibility index (Phi) is 4.71. The molecule has 0 saturated carbocycles. The third-order valence-electron chi connectivity index (χ3n) is 4.58. The molecule has 0 aliphatic carbocycles. The molecule has 0 spiro atoms. The monoisotopic (exact) mass is 367 g/mol. The molecular weight excluding hydrogens is 349 g/mol. The maximum atomic E-state index is 13.4. The summed E-state index contributed by atoms with van der Waals surface area (Å²) >= 11 is 0. The highest BCUT2D eigenvalue weighted by molar-refractivity contribution is 5.83. The molecule has 0 radical (unpaired) electrons. The highest BCUT2D eigenvalue weighted by Crippen LogP contribution is 2.27. The zero-order valence-electron chi connectivity index (χ0n) is 15.4. The summed E-state index contributed by atoms with van der Waals surface area (Å²) in [4.78, 5) is 8.70. The molecular formula is C24H18FN3. The van der Waals surface area contributed by atoms with Crippen molar-refractivity contribution < 1.29 is 4.39 Å². The minimum absolute atomic E-state index is 0.256. The standard InChI is InChI=1S/C24H18FN3/c1-3-21(17-10-12-26-13-11-17)27-22-7-4-18(14-16(22)2)23-8-5-19-15-20(25)6-9-24(19)28-23/h4-15,27H,1H2,2H3. The van der Waals surface area contributed by atoms with Gasteiger partial charge in [-0.15, -0.1) is 5.73 Å². The van der Waals surface area contributed by atoms with Crippen molar-refractivity contribution in [1.82, 2.24) is 9.97 Å². The molecule has 0 bridgehead atoms. The van der Waals surface area contributed by atoms with Crippen LogP contribution in [0.4, 0.5) is 10.1 Å². The van der Waals surface area contributed by atoms with Gasteiger partial charge in [0.2, 0.25) is 0 Å². The van der Waals surface area contributed by atoms with Gasteiger partial charge in [-0.2, -0.15) is 0 Å². The molecule has 2 heterocycles. The van der Waals surface area contributed by atoms with Gasteiger partial charge in [-0.3, -0.25) is 4.98 Å². The van der Waals surface area contributed by atoms with Gasteiger partial charge < -0.3 is 5.32 Å². The van der Waals surface area contributed by atoms with Crippen LogP contribution in [0.3, 0.4) is 0 Å². The molecule has 136 valence electrons. The van der Waals surface area contributed by atoms with Gasteiger partial charge in [-0.05, 0) is 61.0 Å². The van der Waals surface area contributed by atoms with Crippen LogP contribution in [0, 0.1) is 12.7 Å². The topological polar surface area (TPSA) is 37.8 Å². The number of aryl methyl sites for hydroxylation is 1. The Morgan fingerprint density at radius 2 is 1.82 bits per heavy atom. The van der Waals surface area contributed by atoms with Gasteiger partial charge in [0, 0.05) is 34.6 Å². The number of benzene rings is 2. The number of nitrogens with zero attached hydrogens (tertiary/aromatic N) is 2. The van der Waals surface area contributed by atoms with Crippen LogP contribution in [0.5, 0.6) is 0 Å². The summed E-state index contributed by atoms with van der Waals surface area (Å²) in [5, 5.41) is 4.17. The Bertz CT molecular complexity index is 1210. The summed E-state index contributed by atoms with van der Waals surface area (Å²) in [5.41, 5.74) is 9.37. The third-order valence-corrected chi connectivity index (χ3v) is 4.58. The number of rotatable bonds is 4. The molecule has 28 heavy (non-hydrogen) atoms. The van der Waals surface area contributed by atoms with Gasteiger partial charge in [0.05, 0.1) is 16.9 Å². The number of anilines is 1. The van der Waals surface area contributed by atoms with E-state index >= 15 is 0 Å². The number of hydrogen-bond acceptors (Lipinski definition) is 3. The van der Waals surface area contributed by atoms with Crippen molar-refractivity contribution in [2.24, 2.45) is 0 Å². The summed E-state index contributed by atoms with van der Waals surface area (Å²) < 4.78 is 13.4. The van der Waals surface area contributed by atoms with Crippen molar-refractivity contribution in [2.75, 3.05) is 5.32 Å². The molecule has 4 heteroatoms. The Morgan fingerprint density at radius 1 is 1.00 bits per heavy atom. The average molecular weight is 367 g/mol. The first-order valence-corrected chi connectivity index (χ1v) is 8.89. The smallest absolute Gasteiger partial charge is 0.123 e. The molecule has 0 fully saturated rings. The largest absolute Gasteiger partial charge is 0.348 e. The predicted octanol–water partition coefficient (Wildman–Crippen LogP) is 5.98.